The first-order chi connectivity index (χ1) is 13.6. The maximum Gasteiger partial charge on any atom is 0.292 e. The Balaban J connectivity index is 1.38. The number of benzene rings is 1. The molecule has 150 valence electrons. The van der Waals surface area contributed by atoms with Crippen molar-refractivity contribution in [3.8, 4) is 0 Å². The molecule has 0 spiro atoms. The van der Waals surface area contributed by atoms with Gasteiger partial charge in [-0.3, -0.25) is 9.69 Å². The van der Waals surface area contributed by atoms with E-state index in [0.717, 1.165) is 37.2 Å². The van der Waals surface area contributed by atoms with E-state index in [1.165, 1.54) is 6.07 Å². The minimum absolute atomic E-state index is 0.155. The summed E-state index contributed by atoms with van der Waals surface area (Å²) in [4.78, 5) is 16.6. The van der Waals surface area contributed by atoms with Gasteiger partial charge in [-0.05, 0) is 49.9 Å². The number of hydrogen-bond donors (Lipinski definition) is 1. The summed E-state index contributed by atoms with van der Waals surface area (Å²) in [6.45, 7) is 3.56. The molecular weight excluding hydrogens is 361 g/mol. The van der Waals surface area contributed by atoms with Crippen LogP contribution >= 0.6 is 0 Å². The van der Waals surface area contributed by atoms with Gasteiger partial charge in [0.15, 0.2) is 0 Å². The molecule has 1 N–H and O–H groups in total. The Hall–Kier alpha value is -2.25. The van der Waals surface area contributed by atoms with Gasteiger partial charge in [0.05, 0.1) is 11.8 Å². The third-order valence-corrected chi connectivity index (χ3v) is 5.71. The largest absolute Gasteiger partial charge is 0.393 e. The topological polar surface area (TPSA) is 69.8 Å². The zero-order valence-corrected chi connectivity index (χ0v) is 15.9. The monoisotopic (exact) mass is 387 g/mol. The van der Waals surface area contributed by atoms with Gasteiger partial charge < -0.3 is 14.5 Å². The van der Waals surface area contributed by atoms with Crippen LogP contribution in [0.25, 0.3) is 0 Å². The van der Waals surface area contributed by atoms with Crippen LogP contribution in [0.1, 0.15) is 53.4 Å². The number of nitrogens with zero attached hydrogens (tertiary/aromatic N) is 3. The van der Waals surface area contributed by atoms with Gasteiger partial charge in [0, 0.05) is 38.2 Å². The predicted molar refractivity (Wildman–Crippen MR) is 101 cm³/mol. The Morgan fingerprint density at radius 1 is 1.21 bits per heavy atom. The number of carbonyl (C=O) groups is 1. The van der Waals surface area contributed by atoms with Crippen LogP contribution in [-0.2, 0) is 6.54 Å². The second-order valence-corrected chi connectivity index (χ2v) is 7.84. The van der Waals surface area contributed by atoms with Crippen molar-refractivity contribution >= 4 is 5.91 Å². The highest BCUT2D eigenvalue weighted by Gasteiger charge is 2.28. The summed E-state index contributed by atoms with van der Waals surface area (Å²) in [5.74, 6) is 0.110. The standard InChI is InChI=1S/C21H26FN3O3/c22-17-5-1-3-15(11-17)13-24-8-2-4-16(14-24)19-12-20(28-23-19)21(27)25-9-6-18(26)7-10-25/h1,3,5,11-12,16,18,26H,2,4,6-10,13-14H2. The molecular formula is C21H26FN3O3. The number of rotatable bonds is 4. The Bertz CT molecular complexity index is 817. The molecule has 2 fully saturated rings. The first-order valence-corrected chi connectivity index (χ1v) is 9.99. The molecule has 0 aliphatic carbocycles. The van der Waals surface area contributed by atoms with E-state index < -0.39 is 0 Å². The zero-order valence-electron chi connectivity index (χ0n) is 15.9. The van der Waals surface area contributed by atoms with E-state index in [1.807, 2.05) is 6.07 Å². The quantitative estimate of drug-likeness (QED) is 0.874. The Morgan fingerprint density at radius 2 is 2.04 bits per heavy atom. The van der Waals surface area contributed by atoms with E-state index in [0.29, 0.717) is 32.5 Å². The van der Waals surface area contributed by atoms with Crippen molar-refractivity contribution in [1.82, 2.24) is 15.0 Å². The fourth-order valence-corrected chi connectivity index (χ4v) is 4.14. The van der Waals surface area contributed by atoms with Crippen LogP contribution < -0.4 is 0 Å². The highest BCUT2D eigenvalue weighted by molar-refractivity contribution is 5.91. The molecule has 2 aliphatic rings. The van der Waals surface area contributed by atoms with Crippen molar-refractivity contribution in [3.05, 3.63) is 53.2 Å². The molecule has 2 saturated heterocycles. The number of likely N-dealkylation sites (tertiary alicyclic amines) is 2. The van der Waals surface area contributed by atoms with Crippen molar-refractivity contribution in [3.63, 3.8) is 0 Å². The van der Waals surface area contributed by atoms with Crippen LogP contribution in [0.3, 0.4) is 0 Å². The lowest BCUT2D eigenvalue weighted by molar-refractivity contribution is 0.0512. The number of aliphatic hydroxyl groups is 1. The van der Waals surface area contributed by atoms with E-state index in [2.05, 4.69) is 10.1 Å². The number of amides is 1. The van der Waals surface area contributed by atoms with Gasteiger partial charge in [-0.25, -0.2) is 4.39 Å². The molecule has 0 radical (unpaired) electrons. The Labute approximate surface area is 163 Å². The van der Waals surface area contributed by atoms with Crippen molar-refractivity contribution < 1.29 is 18.8 Å². The van der Waals surface area contributed by atoms with Gasteiger partial charge in [0.1, 0.15) is 5.82 Å². The maximum atomic E-state index is 13.4. The van der Waals surface area contributed by atoms with E-state index >= 15 is 0 Å². The summed E-state index contributed by atoms with van der Waals surface area (Å²) in [7, 11) is 0. The first kappa shape index (κ1) is 19.1. The zero-order chi connectivity index (χ0) is 19.5. The predicted octanol–water partition coefficient (Wildman–Crippen LogP) is 2.79. The van der Waals surface area contributed by atoms with E-state index in [9.17, 15) is 14.3 Å². The number of piperidine rings is 2. The van der Waals surface area contributed by atoms with Gasteiger partial charge in [-0.15, -0.1) is 0 Å². The maximum absolute atomic E-state index is 13.4. The van der Waals surface area contributed by atoms with Gasteiger partial charge in [0.25, 0.3) is 5.91 Å². The van der Waals surface area contributed by atoms with Gasteiger partial charge >= 0.3 is 0 Å². The third-order valence-electron chi connectivity index (χ3n) is 5.71. The molecule has 2 aliphatic heterocycles. The molecule has 28 heavy (non-hydrogen) atoms. The summed E-state index contributed by atoms with van der Waals surface area (Å²) in [5.41, 5.74) is 1.77. The minimum Gasteiger partial charge on any atom is -0.393 e. The summed E-state index contributed by atoms with van der Waals surface area (Å²) in [5, 5.41) is 13.8. The van der Waals surface area contributed by atoms with Crippen molar-refractivity contribution in [2.45, 2.75) is 44.2 Å². The summed E-state index contributed by atoms with van der Waals surface area (Å²) in [6, 6.07) is 8.48. The van der Waals surface area contributed by atoms with E-state index in [-0.39, 0.29) is 29.5 Å². The third kappa shape index (κ3) is 4.42. The van der Waals surface area contributed by atoms with Crippen molar-refractivity contribution in [2.24, 2.45) is 0 Å². The van der Waals surface area contributed by atoms with Crippen molar-refractivity contribution in [1.29, 1.82) is 0 Å². The first-order valence-electron chi connectivity index (χ1n) is 9.99. The smallest absolute Gasteiger partial charge is 0.292 e. The highest BCUT2D eigenvalue weighted by atomic mass is 19.1. The molecule has 1 aromatic carbocycles. The second kappa shape index (κ2) is 8.41. The van der Waals surface area contributed by atoms with Crippen LogP contribution in [0.4, 0.5) is 4.39 Å². The SMILES string of the molecule is O=C(c1cc(C2CCCN(Cc3cccc(F)c3)C2)no1)N1CCC(O)CC1. The Morgan fingerprint density at radius 3 is 2.82 bits per heavy atom. The highest BCUT2D eigenvalue weighted by Crippen LogP contribution is 2.28. The lowest BCUT2D eigenvalue weighted by Crippen LogP contribution is -2.39. The van der Waals surface area contributed by atoms with Crippen LogP contribution in [-0.4, -0.2) is 58.3 Å². The Kier molecular flexibility index (Phi) is 5.73. The molecule has 1 unspecified atom stereocenters. The van der Waals surface area contributed by atoms with E-state index in [1.54, 1.807) is 23.1 Å². The average molecular weight is 387 g/mol. The summed E-state index contributed by atoms with van der Waals surface area (Å²) >= 11 is 0. The second-order valence-electron chi connectivity index (χ2n) is 7.84. The lowest BCUT2D eigenvalue weighted by Gasteiger charge is -2.31. The normalized spacial score (nSPS) is 21.8. The molecule has 7 heteroatoms. The molecule has 0 bridgehead atoms. The van der Waals surface area contributed by atoms with Crippen LogP contribution in [0, 0.1) is 5.82 Å². The van der Waals surface area contributed by atoms with Crippen LogP contribution in [0.5, 0.6) is 0 Å². The number of carbonyl (C=O) groups excluding carboxylic acids is 1. The number of hydrogen-bond acceptors (Lipinski definition) is 5. The number of aliphatic hydroxyl groups excluding tert-OH is 1. The molecule has 1 aromatic heterocycles. The van der Waals surface area contributed by atoms with E-state index in [4.69, 9.17) is 4.52 Å². The molecule has 4 rings (SSSR count). The fourth-order valence-electron chi connectivity index (χ4n) is 4.14. The average Bonchev–Trinajstić information content (AvgIpc) is 3.19. The molecule has 0 saturated carbocycles. The molecule has 1 amide bonds. The fraction of sp³-hybridized carbons (Fsp3) is 0.524. The van der Waals surface area contributed by atoms with Crippen molar-refractivity contribution in [2.75, 3.05) is 26.2 Å². The molecule has 3 heterocycles. The number of aromatic nitrogens is 1. The van der Waals surface area contributed by atoms with Crippen LogP contribution in [0.15, 0.2) is 34.9 Å². The van der Waals surface area contributed by atoms with Gasteiger partial charge in [0.2, 0.25) is 5.76 Å². The molecule has 2 aromatic rings. The number of halogens is 1. The minimum atomic E-state index is -0.319. The van der Waals surface area contributed by atoms with Gasteiger partial charge in [-0.2, -0.15) is 0 Å². The lowest BCUT2D eigenvalue weighted by atomic mass is 9.94. The molecule has 6 nitrogen and oxygen atoms in total. The van der Waals surface area contributed by atoms with Gasteiger partial charge in [-0.1, -0.05) is 17.3 Å². The summed E-state index contributed by atoms with van der Waals surface area (Å²) in [6.07, 6.45) is 2.91. The molecule has 1 atom stereocenters. The van der Waals surface area contributed by atoms with Crippen LogP contribution in [0.2, 0.25) is 0 Å². The summed E-state index contributed by atoms with van der Waals surface area (Å²) < 4.78 is 18.8.